The van der Waals surface area contributed by atoms with Gasteiger partial charge in [0.05, 0.1) is 31.8 Å². The van der Waals surface area contributed by atoms with Crippen LogP contribution in [0.15, 0.2) is 64.5 Å². The Morgan fingerprint density at radius 2 is 1.64 bits per heavy atom. The summed E-state index contributed by atoms with van der Waals surface area (Å²) in [6.45, 7) is 1.66. The summed E-state index contributed by atoms with van der Waals surface area (Å²) >= 11 is 0. The molecule has 1 unspecified atom stereocenters. The topological polar surface area (TPSA) is 199 Å². The second-order valence-electron chi connectivity index (χ2n) is 9.93. The highest BCUT2D eigenvalue weighted by Gasteiger charge is 2.44. The van der Waals surface area contributed by atoms with Gasteiger partial charge in [-0.1, -0.05) is 18.2 Å². The van der Waals surface area contributed by atoms with Gasteiger partial charge in [0.2, 0.25) is 21.1 Å². The summed E-state index contributed by atoms with van der Waals surface area (Å²) in [7, 11) is -0.273. The number of nitrogens with two attached hydrogens (primary N) is 3. The number of hydrogen-bond donors (Lipinski definition) is 3. The first kappa shape index (κ1) is 34.1. The molecule has 0 saturated carbocycles. The van der Waals surface area contributed by atoms with E-state index in [0.717, 1.165) is 10.5 Å². The van der Waals surface area contributed by atoms with Crippen LogP contribution in [0, 0.1) is 6.92 Å². The number of aryl methyl sites for hydroxylation is 1. The summed E-state index contributed by atoms with van der Waals surface area (Å²) in [5.41, 5.74) is 17.7. The Morgan fingerprint density at radius 1 is 0.955 bits per heavy atom. The highest BCUT2D eigenvalue weighted by Crippen LogP contribution is 2.34. The number of benzene rings is 3. The van der Waals surface area contributed by atoms with Gasteiger partial charge in [-0.15, -0.1) is 0 Å². The van der Waals surface area contributed by atoms with Crippen molar-refractivity contribution in [1.29, 1.82) is 0 Å². The van der Waals surface area contributed by atoms with Gasteiger partial charge in [-0.3, -0.25) is 9.79 Å². The number of fused-ring (bicyclic) bond motifs is 1. The molecule has 14 heteroatoms. The summed E-state index contributed by atoms with van der Waals surface area (Å²) in [4.78, 5) is 32.1. The first-order chi connectivity index (χ1) is 20.9. The first-order valence-corrected chi connectivity index (χ1v) is 15.3. The number of carbonyl (C=O) groups excluding carboxylic acids is 2. The zero-order valence-electron chi connectivity index (χ0n) is 25.2. The molecule has 1 amide bonds. The van der Waals surface area contributed by atoms with Crippen molar-refractivity contribution >= 4 is 38.4 Å². The number of esters is 1. The van der Waals surface area contributed by atoms with Gasteiger partial charge in [-0.25, -0.2) is 13.2 Å². The van der Waals surface area contributed by atoms with E-state index in [-0.39, 0.29) is 42.7 Å². The maximum atomic E-state index is 14.3. The van der Waals surface area contributed by atoms with Crippen LogP contribution in [0.5, 0.6) is 17.2 Å². The summed E-state index contributed by atoms with van der Waals surface area (Å²) in [5, 5.41) is -0.927. The molecule has 44 heavy (non-hydrogen) atoms. The van der Waals surface area contributed by atoms with E-state index in [1.54, 1.807) is 43.3 Å². The summed E-state index contributed by atoms with van der Waals surface area (Å²) in [6.07, 6.45) is 0.459. The largest absolute Gasteiger partial charge is 0.493 e. The molecule has 6 N–H and O–H groups in total. The first-order valence-electron chi connectivity index (χ1n) is 13.7. The third kappa shape index (κ3) is 8.36. The van der Waals surface area contributed by atoms with Crippen molar-refractivity contribution in [1.82, 2.24) is 4.90 Å². The van der Waals surface area contributed by atoms with E-state index >= 15 is 0 Å². The number of sulfone groups is 1. The van der Waals surface area contributed by atoms with Crippen LogP contribution in [0.25, 0.3) is 10.8 Å². The maximum absolute atomic E-state index is 14.3. The van der Waals surface area contributed by atoms with Gasteiger partial charge < -0.3 is 41.0 Å². The molecule has 0 aliphatic rings. The lowest BCUT2D eigenvalue weighted by Gasteiger charge is -2.31. The lowest BCUT2D eigenvalue weighted by molar-refractivity contribution is -0.145. The van der Waals surface area contributed by atoms with Crippen molar-refractivity contribution in [3.8, 4) is 17.2 Å². The average molecular weight is 630 g/mol. The predicted molar refractivity (Wildman–Crippen MR) is 166 cm³/mol. The number of hydrogen-bond acceptors (Lipinski definition) is 10. The number of guanidine groups is 1. The third-order valence-corrected chi connectivity index (χ3v) is 8.68. The number of nitrogens with zero attached hydrogens (tertiary/aromatic N) is 2. The molecule has 0 aliphatic heterocycles. The standard InChI is InChI=1S/C30H39N5O8S/c1-19-7-5-8-22(15-19)43-29(37)28(35(13-14-40-2)27(36)24(31)9-6-12-34-30(32)33)44(38,39)23-11-10-20-17-25(41-3)26(42-4)18-21(20)16-23/h5,7-8,10-11,15-18,24,28H,6,9,12-14,31H2,1-4H3,(H4,32,33,34)/t24-,28?/m0/s1. The summed E-state index contributed by atoms with van der Waals surface area (Å²) in [6, 6.07) is 13.0. The molecule has 0 aromatic heterocycles. The van der Waals surface area contributed by atoms with E-state index < -0.39 is 33.1 Å². The molecule has 238 valence electrons. The monoisotopic (exact) mass is 629 g/mol. The Kier molecular flexibility index (Phi) is 11.9. The number of carbonyl (C=O) groups is 2. The molecule has 0 saturated heterocycles. The molecule has 13 nitrogen and oxygen atoms in total. The number of methoxy groups -OCH3 is 3. The summed E-state index contributed by atoms with van der Waals surface area (Å²) < 4.78 is 50.1. The molecule has 0 spiro atoms. The van der Waals surface area contributed by atoms with Gasteiger partial charge in [0.25, 0.3) is 0 Å². The molecule has 0 heterocycles. The van der Waals surface area contributed by atoms with Gasteiger partial charge in [0.1, 0.15) is 5.75 Å². The summed E-state index contributed by atoms with van der Waals surface area (Å²) in [5.74, 6) is -1.11. The molecule has 2 atom stereocenters. The fourth-order valence-corrected chi connectivity index (χ4v) is 6.17. The SMILES string of the molecule is COCCN(C(=O)[C@@H](N)CCCN=C(N)N)C(C(=O)Oc1cccc(C)c1)S(=O)(=O)c1ccc2cc(OC)c(OC)cc2c1. The zero-order valence-corrected chi connectivity index (χ0v) is 26.0. The molecule has 3 aromatic rings. The molecule has 3 aromatic carbocycles. The van der Waals surface area contributed by atoms with E-state index in [1.807, 2.05) is 0 Å². The number of aliphatic imine (C=N–C) groups is 1. The quantitative estimate of drug-likeness (QED) is 0.0727. The van der Waals surface area contributed by atoms with Crippen molar-refractivity contribution in [2.45, 2.75) is 36.1 Å². The lowest BCUT2D eigenvalue weighted by Crippen LogP contribution is -2.56. The Hall–Kier alpha value is -4.40. The minimum absolute atomic E-state index is 0.0785. The van der Waals surface area contributed by atoms with E-state index in [4.69, 9.17) is 36.1 Å². The smallest absolute Gasteiger partial charge is 0.350 e. The van der Waals surface area contributed by atoms with Gasteiger partial charge in [-0.2, -0.15) is 0 Å². The number of amides is 1. The average Bonchev–Trinajstić information content (AvgIpc) is 2.99. The van der Waals surface area contributed by atoms with Crippen LogP contribution >= 0.6 is 0 Å². The van der Waals surface area contributed by atoms with E-state index in [0.29, 0.717) is 28.7 Å². The highest BCUT2D eigenvalue weighted by atomic mass is 32.2. The van der Waals surface area contributed by atoms with Crippen LogP contribution in [0.1, 0.15) is 18.4 Å². The van der Waals surface area contributed by atoms with E-state index in [2.05, 4.69) is 4.99 Å². The Balaban J connectivity index is 2.11. The Morgan fingerprint density at radius 3 is 2.25 bits per heavy atom. The van der Waals surface area contributed by atoms with Crippen LogP contribution in [-0.4, -0.2) is 83.6 Å². The molecular weight excluding hydrogens is 590 g/mol. The molecule has 0 bridgehead atoms. The Bertz CT molecular complexity index is 1610. The van der Waals surface area contributed by atoms with Crippen molar-refractivity contribution < 1.29 is 37.0 Å². The molecule has 0 fully saturated rings. The van der Waals surface area contributed by atoms with Crippen LogP contribution in [0.2, 0.25) is 0 Å². The minimum Gasteiger partial charge on any atom is -0.493 e. The van der Waals surface area contributed by atoms with Crippen LogP contribution in [0.4, 0.5) is 0 Å². The second kappa shape index (κ2) is 15.4. The normalized spacial score (nSPS) is 12.7. The molecule has 3 rings (SSSR count). The van der Waals surface area contributed by atoms with E-state index in [1.165, 1.54) is 39.5 Å². The van der Waals surface area contributed by atoms with Crippen LogP contribution in [0.3, 0.4) is 0 Å². The van der Waals surface area contributed by atoms with Crippen molar-refractivity contribution in [2.24, 2.45) is 22.2 Å². The third-order valence-electron chi connectivity index (χ3n) is 6.73. The molecule has 0 radical (unpaired) electrons. The van der Waals surface area contributed by atoms with Gasteiger partial charge >= 0.3 is 5.97 Å². The predicted octanol–water partition coefficient (Wildman–Crippen LogP) is 1.73. The minimum atomic E-state index is -4.61. The van der Waals surface area contributed by atoms with Crippen molar-refractivity contribution in [3.05, 3.63) is 60.2 Å². The van der Waals surface area contributed by atoms with Crippen LogP contribution < -0.4 is 31.4 Å². The number of rotatable bonds is 15. The second-order valence-corrected chi connectivity index (χ2v) is 11.9. The highest BCUT2D eigenvalue weighted by molar-refractivity contribution is 7.92. The van der Waals surface area contributed by atoms with Gasteiger partial charge in [0.15, 0.2) is 17.5 Å². The van der Waals surface area contributed by atoms with Gasteiger partial charge in [0, 0.05) is 20.2 Å². The maximum Gasteiger partial charge on any atom is 0.350 e. The fourth-order valence-electron chi connectivity index (χ4n) is 4.51. The van der Waals surface area contributed by atoms with Gasteiger partial charge in [-0.05, 0) is 72.5 Å². The zero-order chi connectivity index (χ0) is 32.4. The van der Waals surface area contributed by atoms with Crippen LogP contribution in [-0.2, 0) is 24.2 Å². The van der Waals surface area contributed by atoms with Crippen molar-refractivity contribution in [2.75, 3.05) is 41.0 Å². The lowest BCUT2D eigenvalue weighted by atomic mass is 10.1. The molecular formula is C30H39N5O8S. The Labute approximate surface area is 256 Å². The van der Waals surface area contributed by atoms with Crippen molar-refractivity contribution in [3.63, 3.8) is 0 Å². The molecule has 0 aliphatic carbocycles. The van der Waals surface area contributed by atoms with E-state index in [9.17, 15) is 18.0 Å². The fraction of sp³-hybridized carbons (Fsp3) is 0.367. The number of ether oxygens (including phenoxy) is 4.